The normalized spacial score (nSPS) is 26.3. The summed E-state index contributed by atoms with van der Waals surface area (Å²) in [5.41, 5.74) is 6.30. The van der Waals surface area contributed by atoms with Crippen molar-refractivity contribution in [3.63, 3.8) is 0 Å². The highest BCUT2D eigenvalue weighted by Gasteiger charge is 2.44. The van der Waals surface area contributed by atoms with E-state index >= 15 is 0 Å². The predicted octanol–water partition coefficient (Wildman–Crippen LogP) is 6.68. The van der Waals surface area contributed by atoms with Crippen LogP contribution >= 0.6 is 0 Å². The van der Waals surface area contributed by atoms with E-state index in [1.165, 1.54) is 11.1 Å². The molecular formula is C47H58N8O8. The molecule has 4 saturated heterocycles. The van der Waals surface area contributed by atoms with Crippen LogP contribution in [-0.4, -0.2) is 116 Å². The number of hydrogen-bond donors (Lipinski definition) is 6. The Bertz CT molecular complexity index is 2110. The number of imidazole rings is 2. The molecule has 2 aromatic heterocycles. The van der Waals surface area contributed by atoms with Crippen LogP contribution in [0.3, 0.4) is 0 Å². The fourth-order valence-electron chi connectivity index (χ4n) is 10.6. The van der Waals surface area contributed by atoms with Gasteiger partial charge in [-0.3, -0.25) is 9.59 Å². The van der Waals surface area contributed by atoms with Gasteiger partial charge >= 0.3 is 12.2 Å². The molecule has 6 N–H and O–H groups in total. The van der Waals surface area contributed by atoms with Crippen LogP contribution in [0.5, 0.6) is 0 Å². The van der Waals surface area contributed by atoms with Crippen molar-refractivity contribution in [3.8, 4) is 22.5 Å². The minimum atomic E-state index is -1.20. The second-order valence-electron chi connectivity index (χ2n) is 18.5. The molecule has 4 aliphatic heterocycles. The van der Waals surface area contributed by atoms with Crippen molar-refractivity contribution in [2.75, 3.05) is 39.5 Å². The number of H-pyrrole nitrogens is 2. The number of carboxylic acid groups (broad SMARTS) is 2. The van der Waals surface area contributed by atoms with Gasteiger partial charge in [-0.25, -0.2) is 19.6 Å². The van der Waals surface area contributed by atoms with Crippen molar-refractivity contribution >= 4 is 24.0 Å². The molecule has 16 nitrogen and oxygen atoms in total. The van der Waals surface area contributed by atoms with Gasteiger partial charge in [-0.15, -0.1) is 0 Å². The van der Waals surface area contributed by atoms with E-state index in [-0.39, 0.29) is 47.6 Å². The average Bonchev–Trinajstić information content (AvgIpc) is 3.71. The Kier molecular flexibility index (Phi) is 12.3. The number of nitrogens with zero attached hydrogens (tertiary/aromatic N) is 4. The Morgan fingerprint density at radius 2 is 1.00 bits per heavy atom. The van der Waals surface area contributed by atoms with Gasteiger partial charge in [-0.2, -0.15) is 0 Å². The fourth-order valence-corrected chi connectivity index (χ4v) is 10.6. The first-order valence-corrected chi connectivity index (χ1v) is 22.6. The summed E-state index contributed by atoms with van der Waals surface area (Å²) in [6.45, 7) is 7.37. The number of likely N-dealkylation sites (tertiary alicyclic amines) is 2. The molecule has 63 heavy (non-hydrogen) atoms. The van der Waals surface area contributed by atoms with Gasteiger partial charge < -0.3 is 50.1 Å². The van der Waals surface area contributed by atoms with Crippen LogP contribution in [0.4, 0.5) is 9.59 Å². The minimum Gasteiger partial charge on any atom is -0.465 e. The number of amides is 4. The van der Waals surface area contributed by atoms with E-state index in [9.17, 15) is 29.4 Å². The molecule has 9 rings (SSSR count). The van der Waals surface area contributed by atoms with Crippen LogP contribution in [0.2, 0.25) is 0 Å². The van der Waals surface area contributed by atoms with Crippen LogP contribution in [0.25, 0.3) is 22.5 Å². The molecular weight excluding hydrogens is 805 g/mol. The lowest BCUT2D eigenvalue weighted by Gasteiger charge is -2.34. The fraction of sp³-hybridized carbons (Fsp3) is 0.532. The largest absolute Gasteiger partial charge is 0.465 e. The Labute approximate surface area is 366 Å². The average molecular weight is 863 g/mol. The van der Waals surface area contributed by atoms with Crippen molar-refractivity contribution in [1.82, 2.24) is 40.4 Å². The van der Waals surface area contributed by atoms with Crippen molar-refractivity contribution in [1.29, 1.82) is 0 Å². The van der Waals surface area contributed by atoms with Crippen LogP contribution in [0.15, 0.2) is 60.9 Å². The molecule has 1 saturated carbocycles. The second-order valence-corrected chi connectivity index (χ2v) is 18.5. The first-order chi connectivity index (χ1) is 30.5. The topological polar surface area (TPSA) is 215 Å². The molecule has 0 unspecified atom stereocenters. The Hall–Kier alpha value is -5.74. The Morgan fingerprint density at radius 1 is 0.619 bits per heavy atom. The van der Waals surface area contributed by atoms with Crippen molar-refractivity contribution in [3.05, 3.63) is 83.7 Å². The molecule has 0 radical (unpaired) electrons. The first kappa shape index (κ1) is 42.6. The molecule has 6 heterocycles. The van der Waals surface area contributed by atoms with E-state index in [2.05, 4.69) is 83.0 Å². The van der Waals surface area contributed by atoms with Gasteiger partial charge in [0, 0.05) is 39.5 Å². The van der Waals surface area contributed by atoms with E-state index in [0.29, 0.717) is 88.7 Å². The molecule has 16 heteroatoms. The van der Waals surface area contributed by atoms with Crippen LogP contribution in [0, 0.1) is 23.7 Å². The van der Waals surface area contributed by atoms with Crippen molar-refractivity contribution in [2.45, 2.75) is 94.8 Å². The number of carbonyl (C=O) groups is 4. The molecule has 4 amide bonds. The number of carbonyl (C=O) groups excluding carboxylic acids is 2. The predicted molar refractivity (Wildman–Crippen MR) is 232 cm³/mol. The zero-order chi connectivity index (χ0) is 43.8. The summed E-state index contributed by atoms with van der Waals surface area (Å²) in [6, 6.07) is 15.0. The maximum absolute atomic E-state index is 14.0. The monoisotopic (exact) mass is 862 g/mol. The highest BCUT2D eigenvalue weighted by molar-refractivity contribution is 5.87. The molecule has 5 aliphatic rings. The Morgan fingerprint density at radius 3 is 1.37 bits per heavy atom. The molecule has 334 valence electrons. The van der Waals surface area contributed by atoms with Gasteiger partial charge in [0.2, 0.25) is 11.8 Å². The van der Waals surface area contributed by atoms with Crippen LogP contribution in [-0.2, 0) is 19.1 Å². The van der Waals surface area contributed by atoms with Gasteiger partial charge in [0.15, 0.2) is 0 Å². The quantitative estimate of drug-likeness (QED) is 0.0888. The molecule has 4 aromatic rings. The third-order valence-electron chi connectivity index (χ3n) is 14.1. The molecule has 2 aromatic carbocycles. The van der Waals surface area contributed by atoms with Gasteiger partial charge in [0.05, 0.1) is 35.9 Å². The first-order valence-electron chi connectivity index (χ1n) is 22.6. The number of ether oxygens (including phenoxy) is 2. The lowest BCUT2D eigenvalue weighted by molar-refractivity contribution is -0.137. The van der Waals surface area contributed by atoms with Crippen LogP contribution < -0.4 is 10.6 Å². The lowest BCUT2D eigenvalue weighted by atomic mass is 9.90. The van der Waals surface area contributed by atoms with Crippen molar-refractivity contribution in [2.24, 2.45) is 23.7 Å². The van der Waals surface area contributed by atoms with E-state index in [1.54, 1.807) is 9.80 Å². The third-order valence-corrected chi connectivity index (χ3v) is 14.1. The summed E-state index contributed by atoms with van der Waals surface area (Å²) < 4.78 is 11.0. The van der Waals surface area contributed by atoms with Gasteiger partial charge in [0.1, 0.15) is 23.7 Å². The maximum Gasteiger partial charge on any atom is 0.405 e. The number of aromatic amines is 2. The molecule has 0 spiro atoms. The molecule has 8 atom stereocenters. The molecule has 5 fully saturated rings. The van der Waals surface area contributed by atoms with Crippen molar-refractivity contribution < 1.29 is 38.9 Å². The number of nitrogens with one attached hydrogen (secondary N) is 4. The maximum atomic E-state index is 14.0. The molecule has 1 aliphatic carbocycles. The van der Waals surface area contributed by atoms with Gasteiger partial charge in [0.25, 0.3) is 0 Å². The van der Waals surface area contributed by atoms with Gasteiger partial charge in [-0.1, -0.05) is 62.4 Å². The van der Waals surface area contributed by atoms with E-state index < -0.39 is 24.3 Å². The highest BCUT2D eigenvalue weighted by atomic mass is 16.5. The van der Waals surface area contributed by atoms with Crippen LogP contribution in [0.1, 0.15) is 105 Å². The third kappa shape index (κ3) is 9.19. The summed E-state index contributed by atoms with van der Waals surface area (Å²) in [5.74, 6) is 2.11. The Balaban J connectivity index is 0.826. The number of aromatic nitrogens is 4. The minimum absolute atomic E-state index is 0.112. The zero-order valence-corrected chi connectivity index (χ0v) is 35.9. The standard InChI is InChI=1S/C47H58N8O8/c1-26-19-38(54(24-26)44(56)40(52-46(58)59)32-11-15-62-16-12-32)42-48-22-36(50-42)30-7-3-28(4-8-30)34-21-35(34)29-5-9-31(10-6-29)37-23-49-43(51-37)39-20-27(2)25-55(39)45(57)41(53-47(60)61)33-13-17-63-18-14-33/h3-10,22-23,26-27,32-35,38-41,52-53H,11-21,24-25H2,1-2H3,(H,48,50)(H,49,51)(H,58,59)(H,60,61)/t26-,27-,34+,35+,38-,39-,40-,41-/m0/s1. The SMILES string of the molecule is C[C@H]1C[C@@H](c2ncc(-c3ccc([C@H]4C[C@@H]4c4ccc(-c5cnc([C@@H]6C[C@H](C)CN6C(=O)[C@@H](NC(=O)O)C6CCOCC6)[nH]5)cc4)cc3)[nH]2)N(C(=O)[C@@H](NC(=O)O)C2CCOCC2)C1. The molecule has 0 bridgehead atoms. The summed E-state index contributed by atoms with van der Waals surface area (Å²) in [5, 5.41) is 24.2. The summed E-state index contributed by atoms with van der Waals surface area (Å²) in [4.78, 5) is 71.5. The summed E-state index contributed by atoms with van der Waals surface area (Å²) >= 11 is 0. The summed E-state index contributed by atoms with van der Waals surface area (Å²) in [7, 11) is 0. The summed E-state index contributed by atoms with van der Waals surface area (Å²) in [6.07, 6.45) is 6.33. The lowest BCUT2D eigenvalue weighted by Crippen LogP contribution is -2.53. The highest BCUT2D eigenvalue weighted by Crippen LogP contribution is 2.55. The van der Waals surface area contributed by atoms with E-state index in [1.807, 2.05) is 12.4 Å². The van der Waals surface area contributed by atoms with Gasteiger partial charge in [-0.05, 0) is 103 Å². The number of benzene rings is 2. The van der Waals surface area contributed by atoms with E-state index in [0.717, 1.165) is 41.8 Å². The van der Waals surface area contributed by atoms with E-state index in [4.69, 9.17) is 19.4 Å². The second kappa shape index (κ2) is 18.2. The zero-order valence-electron chi connectivity index (χ0n) is 35.9. The number of rotatable bonds is 12. The number of hydrogen-bond acceptors (Lipinski definition) is 8. The smallest absolute Gasteiger partial charge is 0.405 e.